The van der Waals surface area contributed by atoms with Crippen molar-refractivity contribution in [3.05, 3.63) is 142 Å². The van der Waals surface area contributed by atoms with Crippen LogP contribution >= 0.6 is 0 Å². The molecule has 1 atom stereocenters. The predicted octanol–water partition coefficient (Wildman–Crippen LogP) is 6.72. The summed E-state index contributed by atoms with van der Waals surface area (Å²) < 4.78 is 2.17. The first-order chi connectivity index (χ1) is 26.0. The zero-order valence-corrected chi connectivity index (χ0v) is 31.9. The highest BCUT2D eigenvalue weighted by Gasteiger charge is 2.33. The third kappa shape index (κ3) is 7.41. The molecular weight excluding hydrogens is 675 g/mol. The van der Waals surface area contributed by atoms with Crippen molar-refractivity contribution in [3.63, 3.8) is 0 Å². The Morgan fingerprint density at radius 1 is 0.796 bits per heavy atom. The minimum atomic E-state index is -0.178. The molecule has 0 bridgehead atoms. The fourth-order valence-electron chi connectivity index (χ4n) is 7.85. The number of benzene rings is 4. The van der Waals surface area contributed by atoms with Gasteiger partial charge in [-0.2, -0.15) is 0 Å². The molecule has 0 saturated heterocycles. The Labute approximate surface area is 318 Å². The molecule has 0 fully saturated rings. The molecule has 2 aliphatic heterocycles. The summed E-state index contributed by atoms with van der Waals surface area (Å²) in [4.78, 5) is 50.3. The molecule has 278 valence electrons. The number of hydrogen-bond acceptors (Lipinski definition) is 5. The monoisotopic (exact) mass is 723 g/mol. The van der Waals surface area contributed by atoms with Crippen LogP contribution in [-0.2, 0) is 43.7 Å². The highest BCUT2D eigenvalue weighted by Crippen LogP contribution is 2.36. The molecule has 1 aromatic heterocycles. The van der Waals surface area contributed by atoms with Crippen LogP contribution in [0.5, 0.6) is 5.75 Å². The van der Waals surface area contributed by atoms with Crippen LogP contribution < -0.4 is 4.90 Å². The lowest BCUT2D eigenvalue weighted by atomic mass is 9.89. The number of anilines is 1. The molecule has 54 heavy (non-hydrogen) atoms. The lowest BCUT2D eigenvalue weighted by molar-refractivity contribution is -0.131. The van der Waals surface area contributed by atoms with Gasteiger partial charge in [-0.1, -0.05) is 54.6 Å². The van der Waals surface area contributed by atoms with Crippen molar-refractivity contribution in [1.29, 1.82) is 0 Å². The summed E-state index contributed by atoms with van der Waals surface area (Å²) >= 11 is 0. The minimum absolute atomic E-state index is 0.0152. The van der Waals surface area contributed by atoms with E-state index in [4.69, 9.17) is 0 Å². The fraction of sp³-hybridized carbons (Fsp3) is 0.311. The molecule has 0 radical (unpaired) electrons. The van der Waals surface area contributed by atoms with Crippen molar-refractivity contribution in [2.45, 2.75) is 58.8 Å². The molecule has 3 heterocycles. The van der Waals surface area contributed by atoms with E-state index in [0.29, 0.717) is 55.8 Å². The number of carbonyl (C=O) groups is 3. The number of carbonyl (C=O) groups excluding carboxylic acids is 3. The Bertz CT molecular complexity index is 2190. The van der Waals surface area contributed by atoms with E-state index >= 15 is 4.79 Å². The Hall–Kier alpha value is -5.67. The molecule has 0 unspecified atom stereocenters. The second-order valence-corrected chi connectivity index (χ2v) is 15.0. The van der Waals surface area contributed by atoms with Gasteiger partial charge in [-0.05, 0) is 111 Å². The second-order valence-electron chi connectivity index (χ2n) is 15.0. The van der Waals surface area contributed by atoms with Gasteiger partial charge in [0.2, 0.25) is 5.91 Å². The van der Waals surface area contributed by atoms with E-state index in [9.17, 15) is 14.7 Å². The normalized spacial score (nSPS) is 15.2. The molecule has 1 N–H and O–H groups in total. The maximum absolute atomic E-state index is 15.0. The van der Waals surface area contributed by atoms with Crippen molar-refractivity contribution in [1.82, 2.24) is 19.3 Å². The number of aromatic nitrogens is 1. The van der Waals surface area contributed by atoms with E-state index in [0.717, 1.165) is 52.2 Å². The summed E-state index contributed by atoms with van der Waals surface area (Å²) in [6.45, 7) is 6.96. The van der Waals surface area contributed by atoms with Crippen molar-refractivity contribution in [2.24, 2.45) is 0 Å². The molecule has 3 amide bonds. The molecular formula is C45H49N5O4. The van der Waals surface area contributed by atoms with E-state index in [1.807, 2.05) is 79.3 Å². The fourth-order valence-corrected chi connectivity index (χ4v) is 7.85. The summed E-state index contributed by atoms with van der Waals surface area (Å²) in [7, 11) is 5.79. The van der Waals surface area contributed by atoms with Gasteiger partial charge >= 0.3 is 0 Å². The quantitative estimate of drug-likeness (QED) is 0.183. The summed E-state index contributed by atoms with van der Waals surface area (Å²) in [5.74, 6) is -0.0378. The molecule has 2 aliphatic rings. The molecule has 0 aliphatic carbocycles. The van der Waals surface area contributed by atoms with Crippen LogP contribution in [0.15, 0.2) is 97.1 Å². The van der Waals surface area contributed by atoms with Crippen LogP contribution in [0.25, 0.3) is 11.3 Å². The topological polar surface area (TPSA) is 89.3 Å². The van der Waals surface area contributed by atoms with Gasteiger partial charge in [0.25, 0.3) is 11.8 Å². The van der Waals surface area contributed by atoms with Crippen molar-refractivity contribution in [3.8, 4) is 17.0 Å². The van der Waals surface area contributed by atoms with Crippen LogP contribution in [0.2, 0.25) is 0 Å². The standard InChI is InChI=1S/C45H49N5O4/c1-30-23-33-13-9-10-14-35(33)29-50(30)45(54)41-26-36-28-48(43(52)24-32-11-7-6-8-12-32)20-19-34(36)25-40(41)42-27-39(31(2)49(42)22-21-46(3)4)44(53)47(5)37-15-17-38(51)18-16-37/h6-18,25-27,30,51H,19-24,28-29H2,1-5H3/t30-/m1/s1. The summed E-state index contributed by atoms with van der Waals surface area (Å²) in [6, 6.07) is 30.8. The number of nitrogens with zero attached hydrogens (tertiary/aromatic N) is 5. The molecule has 9 heteroatoms. The SMILES string of the molecule is Cc1c(C(=O)N(C)c2ccc(O)cc2)cc(-c2cc3c(cc2C(=O)N2Cc4ccccc4C[C@H]2C)CN(C(=O)Cc2ccccc2)CC3)n1CCN(C)C. The van der Waals surface area contributed by atoms with Gasteiger partial charge in [0.15, 0.2) is 0 Å². The average molecular weight is 724 g/mol. The van der Waals surface area contributed by atoms with Crippen LogP contribution in [0.1, 0.15) is 61.2 Å². The number of hydrogen-bond donors (Lipinski definition) is 1. The molecule has 4 aromatic carbocycles. The van der Waals surface area contributed by atoms with Crippen LogP contribution in [-0.4, -0.2) is 82.4 Å². The molecule has 7 rings (SSSR count). The van der Waals surface area contributed by atoms with Gasteiger partial charge in [-0.25, -0.2) is 0 Å². The zero-order chi connectivity index (χ0) is 38.1. The maximum atomic E-state index is 15.0. The number of amides is 3. The van der Waals surface area contributed by atoms with E-state index in [-0.39, 0.29) is 29.5 Å². The molecule has 5 aromatic rings. The van der Waals surface area contributed by atoms with Crippen LogP contribution in [0.4, 0.5) is 5.69 Å². The van der Waals surface area contributed by atoms with Crippen molar-refractivity contribution < 1.29 is 19.5 Å². The first-order valence-corrected chi connectivity index (χ1v) is 18.8. The molecule has 0 saturated carbocycles. The largest absolute Gasteiger partial charge is 0.508 e. The number of likely N-dealkylation sites (N-methyl/N-ethyl adjacent to an activating group) is 1. The average Bonchev–Trinajstić information content (AvgIpc) is 3.51. The van der Waals surface area contributed by atoms with Gasteiger partial charge in [-0.15, -0.1) is 0 Å². The molecule has 9 nitrogen and oxygen atoms in total. The number of fused-ring (bicyclic) bond motifs is 2. The second kappa shape index (κ2) is 15.4. The van der Waals surface area contributed by atoms with E-state index < -0.39 is 0 Å². The lowest BCUT2D eigenvalue weighted by Gasteiger charge is -2.36. The van der Waals surface area contributed by atoms with Crippen LogP contribution in [0.3, 0.4) is 0 Å². The highest BCUT2D eigenvalue weighted by molar-refractivity contribution is 6.08. The third-order valence-electron chi connectivity index (χ3n) is 11.1. The highest BCUT2D eigenvalue weighted by atomic mass is 16.3. The summed E-state index contributed by atoms with van der Waals surface area (Å²) in [5.41, 5.74) is 9.69. The van der Waals surface area contributed by atoms with E-state index in [1.165, 1.54) is 5.56 Å². The number of rotatable bonds is 9. The minimum Gasteiger partial charge on any atom is -0.508 e. The summed E-state index contributed by atoms with van der Waals surface area (Å²) in [5, 5.41) is 9.86. The molecule has 0 spiro atoms. The number of phenolic OH excluding ortho intramolecular Hbond substituents is 1. The smallest absolute Gasteiger partial charge is 0.259 e. The van der Waals surface area contributed by atoms with E-state index in [1.54, 1.807) is 36.2 Å². The Morgan fingerprint density at radius 3 is 2.22 bits per heavy atom. The Balaban J connectivity index is 1.32. The van der Waals surface area contributed by atoms with Gasteiger partial charge in [-0.3, -0.25) is 14.4 Å². The number of aromatic hydroxyl groups is 1. The van der Waals surface area contributed by atoms with Gasteiger partial charge in [0.05, 0.1) is 12.0 Å². The Kier molecular flexibility index (Phi) is 10.4. The van der Waals surface area contributed by atoms with Gasteiger partial charge in [0, 0.05) is 74.0 Å². The van der Waals surface area contributed by atoms with Crippen molar-refractivity contribution >= 4 is 23.4 Å². The summed E-state index contributed by atoms with van der Waals surface area (Å²) in [6.07, 6.45) is 1.76. The lowest BCUT2D eigenvalue weighted by Crippen LogP contribution is -2.43. The predicted molar refractivity (Wildman–Crippen MR) is 213 cm³/mol. The Morgan fingerprint density at radius 2 is 1.50 bits per heavy atom. The van der Waals surface area contributed by atoms with Gasteiger partial charge < -0.3 is 29.3 Å². The van der Waals surface area contributed by atoms with Crippen molar-refractivity contribution in [2.75, 3.05) is 39.1 Å². The first-order valence-electron chi connectivity index (χ1n) is 18.8. The van der Waals surface area contributed by atoms with E-state index in [2.05, 4.69) is 40.7 Å². The number of phenols is 1. The van der Waals surface area contributed by atoms with Crippen LogP contribution in [0, 0.1) is 6.92 Å². The first kappa shape index (κ1) is 36.7. The maximum Gasteiger partial charge on any atom is 0.259 e. The zero-order valence-electron chi connectivity index (χ0n) is 31.9. The van der Waals surface area contributed by atoms with Gasteiger partial charge in [0.1, 0.15) is 5.75 Å². The third-order valence-corrected chi connectivity index (χ3v) is 11.1.